The van der Waals surface area contributed by atoms with Crippen LogP contribution in [0.4, 0.5) is 0 Å². The van der Waals surface area contributed by atoms with Crippen LogP contribution in [-0.4, -0.2) is 51.8 Å². The van der Waals surface area contributed by atoms with Crippen molar-refractivity contribution < 1.29 is 12.8 Å². The van der Waals surface area contributed by atoms with Gasteiger partial charge in [0.1, 0.15) is 0 Å². The first-order valence-electron chi connectivity index (χ1n) is 8.96. The zero-order chi connectivity index (χ0) is 18.9. The van der Waals surface area contributed by atoms with Crippen molar-refractivity contribution >= 4 is 22.1 Å². The lowest BCUT2D eigenvalue weighted by atomic mass is 10.1. The van der Waals surface area contributed by atoms with Crippen LogP contribution in [0.25, 0.3) is 11.6 Å². The van der Waals surface area contributed by atoms with Crippen LogP contribution in [0.5, 0.6) is 0 Å². The average Bonchev–Trinajstić information content (AvgIpc) is 3.26. The molecule has 0 amide bonds. The summed E-state index contributed by atoms with van der Waals surface area (Å²) in [6.45, 7) is 8.26. The Balaban J connectivity index is 1.90. The lowest BCUT2D eigenvalue weighted by Crippen LogP contribution is -2.40. The molecule has 0 unspecified atom stereocenters. The van der Waals surface area contributed by atoms with E-state index in [-0.39, 0.29) is 17.5 Å². The Bertz CT molecular complexity index is 897. The molecule has 0 bridgehead atoms. The van der Waals surface area contributed by atoms with Gasteiger partial charge in [0.05, 0.1) is 24.4 Å². The van der Waals surface area contributed by atoms with Crippen molar-refractivity contribution in [2.75, 3.05) is 18.1 Å². The van der Waals surface area contributed by atoms with Gasteiger partial charge >= 0.3 is 0 Å². The van der Waals surface area contributed by atoms with Crippen molar-refractivity contribution in [2.45, 2.75) is 46.4 Å². The SMILES string of the molecule is CCn1c(-c2ccco2)nn(CN(CC(C)C)[C@@H]2CCS(=O)(=O)C2)c1=S. The second-order valence-corrected chi connectivity index (χ2v) is 9.78. The van der Waals surface area contributed by atoms with Gasteiger partial charge in [0.15, 0.2) is 26.2 Å². The fourth-order valence-electron chi connectivity index (χ4n) is 3.43. The predicted octanol–water partition coefficient (Wildman–Crippen LogP) is 2.80. The highest BCUT2D eigenvalue weighted by atomic mass is 32.2. The zero-order valence-electron chi connectivity index (χ0n) is 15.5. The Morgan fingerprint density at radius 1 is 1.46 bits per heavy atom. The van der Waals surface area contributed by atoms with E-state index < -0.39 is 9.84 Å². The van der Waals surface area contributed by atoms with Crippen LogP contribution >= 0.6 is 12.2 Å². The minimum absolute atomic E-state index is 0.0168. The molecule has 3 rings (SSSR count). The fraction of sp³-hybridized carbons (Fsp3) is 0.647. The number of furan rings is 1. The molecular weight excluding hydrogens is 372 g/mol. The van der Waals surface area contributed by atoms with E-state index in [0.717, 1.165) is 6.54 Å². The number of hydrogen-bond acceptors (Lipinski definition) is 6. The molecule has 0 saturated carbocycles. The summed E-state index contributed by atoms with van der Waals surface area (Å²) >= 11 is 5.61. The quantitative estimate of drug-likeness (QED) is 0.668. The molecule has 0 N–H and O–H groups in total. The van der Waals surface area contributed by atoms with Crippen LogP contribution in [0, 0.1) is 10.7 Å². The number of hydrogen-bond donors (Lipinski definition) is 0. The van der Waals surface area contributed by atoms with E-state index >= 15 is 0 Å². The van der Waals surface area contributed by atoms with Crippen LogP contribution in [-0.2, 0) is 23.1 Å². The zero-order valence-corrected chi connectivity index (χ0v) is 17.1. The molecule has 1 fully saturated rings. The summed E-state index contributed by atoms with van der Waals surface area (Å²) in [5.74, 6) is 2.28. The Labute approximate surface area is 159 Å². The van der Waals surface area contributed by atoms with Crippen LogP contribution in [0.15, 0.2) is 22.8 Å². The maximum Gasteiger partial charge on any atom is 0.199 e. The maximum absolute atomic E-state index is 11.9. The van der Waals surface area contributed by atoms with E-state index in [2.05, 4.69) is 23.8 Å². The van der Waals surface area contributed by atoms with Gasteiger partial charge in [-0.25, -0.2) is 13.1 Å². The van der Waals surface area contributed by atoms with Crippen molar-refractivity contribution in [2.24, 2.45) is 5.92 Å². The first-order chi connectivity index (χ1) is 12.3. The predicted molar refractivity (Wildman–Crippen MR) is 103 cm³/mol. The Hall–Kier alpha value is -1.45. The summed E-state index contributed by atoms with van der Waals surface area (Å²) in [5, 5.41) is 4.67. The van der Waals surface area contributed by atoms with Gasteiger partial charge in [0, 0.05) is 19.1 Å². The van der Waals surface area contributed by atoms with Crippen molar-refractivity contribution in [1.29, 1.82) is 0 Å². The maximum atomic E-state index is 11.9. The summed E-state index contributed by atoms with van der Waals surface area (Å²) < 4.78 is 33.7. The Morgan fingerprint density at radius 2 is 2.23 bits per heavy atom. The lowest BCUT2D eigenvalue weighted by molar-refractivity contribution is 0.137. The number of aromatic nitrogens is 3. The van der Waals surface area contributed by atoms with E-state index in [0.29, 0.717) is 41.9 Å². The topological polar surface area (TPSA) is 73.3 Å². The van der Waals surface area contributed by atoms with Crippen LogP contribution < -0.4 is 0 Å². The molecule has 0 aliphatic carbocycles. The Morgan fingerprint density at radius 3 is 2.77 bits per heavy atom. The molecular formula is C17H26N4O3S2. The summed E-state index contributed by atoms with van der Waals surface area (Å²) in [7, 11) is -2.94. The van der Waals surface area contributed by atoms with Gasteiger partial charge in [-0.2, -0.15) is 0 Å². The first-order valence-corrected chi connectivity index (χ1v) is 11.2. The van der Waals surface area contributed by atoms with E-state index in [1.807, 2.05) is 23.6 Å². The van der Waals surface area contributed by atoms with Gasteiger partial charge in [-0.05, 0) is 43.6 Å². The molecule has 1 aliphatic rings. The van der Waals surface area contributed by atoms with Gasteiger partial charge in [0.25, 0.3) is 0 Å². The summed E-state index contributed by atoms with van der Waals surface area (Å²) in [5.41, 5.74) is 0. The minimum atomic E-state index is -2.94. The smallest absolute Gasteiger partial charge is 0.199 e. The first kappa shape index (κ1) is 19.3. The molecule has 2 aromatic heterocycles. The largest absolute Gasteiger partial charge is 0.461 e. The van der Waals surface area contributed by atoms with E-state index in [1.54, 1.807) is 10.9 Å². The van der Waals surface area contributed by atoms with Crippen molar-refractivity contribution in [1.82, 2.24) is 19.2 Å². The molecule has 1 aliphatic heterocycles. The van der Waals surface area contributed by atoms with Gasteiger partial charge in [-0.15, -0.1) is 5.10 Å². The number of rotatable bonds is 7. The van der Waals surface area contributed by atoms with E-state index in [1.165, 1.54) is 0 Å². The molecule has 1 atom stereocenters. The molecule has 0 radical (unpaired) electrons. The molecule has 144 valence electrons. The Kier molecular flexibility index (Phi) is 5.69. The summed E-state index contributed by atoms with van der Waals surface area (Å²) in [6, 6.07) is 3.71. The fourth-order valence-corrected chi connectivity index (χ4v) is 5.51. The van der Waals surface area contributed by atoms with Gasteiger partial charge in [-0.1, -0.05) is 13.8 Å². The second kappa shape index (κ2) is 7.66. The second-order valence-electron chi connectivity index (χ2n) is 7.19. The molecule has 7 nitrogen and oxygen atoms in total. The van der Waals surface area contributed by atoms with Gasteiger partial charge < -0.3 is 4.42 Å². The van der Waals surface area contributed by atoms with Gasteiger partial charge in [0.2, 0.25) is 0 Å². The molecule has 0 spiro atoms. The number of sulfone groups is 1. The molecule has 2 aromatic rings. The van der Waals surface area contributed by atoms with E-state index in [9.17, 15) is 8.42 Å². The van der Waals surface area contributed by atoms with Crippen molar-refractivity contribution in [3.63, 3.8) is 0 Å². The average molecular weight is 399 g/mol. The third-order valence-electron chi connectivity index (χ3n) is 4.62. The molecule has 1 saturated heterocycles. The normalized spacial score (nSPS) is 19.7. The monoisotopic (exact) mass is 398 g/mol. The van der Waals surface area contributed by atoms with Crippen molar-refractivity contribution in [3.8, 4) is 11.6 Å². The standard InChI is InChI=1S/C17H26N4O3S2/c1-4-20-16(15-6-5-8-24-15)18-21(17(20)25)12-19(10-13(2)3)14-7-9-26(22,23)11-14/h5-6,8,13-14H,4,7,9-12H2,1-3H3/t14-/m1/s1. The van der Waals surface area contributed by atoms with Gasteiger partial charge in [-0.3, -0.25) is 9.47 Å². The van der Waals surface area contributed by atoms with Crippen LogP contribution in [0.2, 0.25) is 0 Å². The highest BCUT2D eigenvalue weighted by Gasteiger charge is 2.33. The number of nitrogens with zero attached hydrogens (tertiary/aromatic N) is 4. The highest BCUT2D eigenvalue weighted by Crippen LogP contribution is 2.22. The molecule has 0 aromatic carbocycles. The molecule has 9 heteroatoms. The highest BCUT2D eigenvalue weighted by molar-refractivity contribution is 7.91. The van der Waals surface area contributed by atoms with E-state index in [4.69, 9.17) is 16.6 Å². The third-order valence-corrected chi connectivity index (χ3v) is 6.80. The van der Waals surface area contributed by atoms with Crippen LogP contribution in [0.1, 0.15) is 27.2 Å². The molecule has 3 heterocycles. The minimum Gasteiger partial charge on any atom is -0.461 e. The van der Waals surface area contributed by atoms with Crippen LogP contribution in [0.3, 0.4) is 0 Å². The lowest BCUT2D eigenvalue weighted by Gasteiger charge is -2.29. The summed E-state index contributed by atoms with van der Waals surface area (Å²) in [6.07, 6.45) is 2.29. The molecule has 26 heavy (non-hydrogen) atoms. The van der Waals surface area contributed by atoms with Crippen molar-refractivity contribution in [3.05, 3.63) is 23.2 Å². The third kappa shape index (κ3) is 4.10. The summed E-state index contributed by atoms with van der Waals surface area (Å²) in [4.78, 5) is 2.20.